The van der Waals surface area contributed by atoms with Gasteiger partial charge in [0.15, 0.2) is 0 Å². The Morgan fingerprint density at radius 1 is 1.14 bits per heavy atom. The number of nitrogens with zero attached hydrogens (tertiary/aromatic N) is 6. The number of thiazole rings is 1. The molecule has 0 unspecified atom stereocenters. The minimum atomic E-state index is -0.0167. The molecule has 0 aliphatic carbocycles. The molecule has 0 N–H and O–H groups in total. The van der Waals surface area contributed by atoms with Crippen molar-refractivity contribution < 1.29 is 8.98 Å². The lowest BCUT2D eigenvalue weighted by atomic mass is 10.3. The van der Waals surface area contributed by atoms with Crippen molar-refractivity contribution in [3.63, 3.8) is 0 Å². The number of aromatic nitrogens is 2. The second-order valence-electron chi connectivity index (χ2n) is 6.57. The number of para-hydroxylation sites is 2. The average Bonchev–Trinajstić information content (AvgIpc) is 3.33. The first-order valence-electron chi connectivity index (χ1n) is 9.47. The standard InChI is InChI=1S/C20H23N6O2S/c1-5-25-14-9-7-8-10-15(14)28-18(25)13-19-26(6-2)20(27)16(29-19)11-12-17-23(3)21-22-24(17)4/h7-13H,5-6H2,1-4H3/q+1. The fourth-order valence-corrected chi connectivity index (χ4v) is 4.38. The van der Waals surface area contributed by atoms with Gasteiger partial charge in [0.05, 0.1) is 10.6 Å². The van der Waals surface area contributed by atoms with Crippen LogP contribution in [0.25, 0.3) is 23.3 Å². The summed E-state index contributed by atoms with van der Waals surface area (Å²) in [6, 6.07) is 7.95. The molecule has 0 bridgehead atoms. The van der Waals surface area contributed by atoms with E-state index in [1.165, 1.54) is 11.3 Å². The maximum atomic E-state index is 12.9. The number of benzene rings is 1. The predicted octanol–water partition coefficient (Wildman–Crippen LogP) is 1.59. The Morgan fingerprint density at radius 2 is 1.86 bits per heavy atom. The van der Waals surface area contributed by atoms with Crippen LogP contribution in [0.4, 0.5) is 0 Å². The van der Waals surface area contributed by atoms with Gasteiger partial charge in [-0.2, -0.15) is 4.57 Å². The third kappa shape index (κ3) is 3.38. The van der Waals surface area contributed by atoms with Crippen LogP contribution < -0.4 is 19.3 Å². The highest BCUT2D eigenvalue weighted by Crippen LogP contribution is 2.15. The molecular weight excluding hydrogens is 388 g/mol. The largest absolute Gasteiger partial charge is 0.398 e. The molecule has 2 aromatic heterocycles. The number of allylic oxidation sites excluding steroid dienone is 1. The molecule has 9 heteroatoms. The SMILES string of the molecule is CCn1c(=Cc2oc3ccccc3[n+]2CC)sc(=CC=C2N(C)N=NN2C)c1=O. The minimum absolute atomic E-state index is 0.0167. The van der Waals surface area contributed by atoms with Crippen molar-refractivity contribution in [1.82, 2.24) is 14.6 Å². The Hall–Kier alpha value is -3.20. The third-order valence-electron chi connectivity index (χ3n) is 4.81. The van der Waals surface area contributed by atoms with Gasteiger partial charge in [-0.3, -0.25) is 9.36 Å². The van der Waals surface area contributed by atoms with E-state index in [9.17, 15) is 4.79 Å². The van der Waals surface area contributed by atoms with Gasteiger partial charge in [-0.25, -0.2) is 10.0 Å². The maximum Gasteiger partial charge on any atom is 0.377 e. The summed E-state index contributed by atoms with van der Waals surface area (Å²) in [5.41, 5.74) is 1.86. The molecule has 150 valence electrons. The van der Waals surface area contributed by atoms with Crippen molar-refractivity contribution >= 4 is 34.6 Å². The summed E-state index contributed by atoms with van der Waals surface area (Å²) in [6.07, 6.45) is 5.62. The predicted molar refractivity (Wildman–Crippen MR) is 112 cm³/mol. The monoisotopic (exact) mass is 411 g/mol. The molecule has 1 aliphatic rings. The van der Waals surface area contributed by atoms with E-state index in [2.05, 4.69) is 21.9 Å². The van der Waals surface area contributed by atoms with Gasteiger partial charge in [-0.1, -0.05) is 12.1 Å². The van der Waals surface area contributed by atoms with Gasteiger partial charge in [-0.05, 0) is 42.5 Å². The topological polar surface area (TPSA) is 70.2 Å². The zero-order chi connectivity index (χ0) is 20.5. The number of fused-ring (bicyclic) bond motifs is 1. The molecule has 1 aromatic carbocycles. The van der Waals surface area contributed by atoms with Crippen LogP contribution in [0.3, 0.4) is 0 Å². The van der Waals surface area contributed by atoms with E-state index >= 15 is 0 Å². The summed E-state index contributed by atoms with van der Waals surface area (Å²) < 4.78 is 11.4. The fourth-order valence-electron chi connectivity index (χ4n) is 3.34. The quantitative estimate of drug-likeness (QED) is 0.612. The van der Waals surface area contributed by atoms with Gasteiger partial charge < -0.3 is 4.42 Å². The van der Waals surface area contributed by atoms with E-state index in [1.54, 1.807) is 14.6 Å². The summed E-state index contributed by atoms with van der Waals surface area (Å²) in [4.78, 5) is 12.9. The van der Waals surface area contributed by atoms with E-state index in [0.29, 0.717) is 11.1 Å². The van der Waals surface area contributed by atoms with Crippen LogP contribution in [0.5, 0.6) is 0 Å². The lowest BCUT2D eigenvalue weighted by molar-refractivity contribution is -0.674. The number of oxazole rings is 1. The second kappa shape index (κ2) is 7.67. The molecule has 0 saturated heterocycles. The normalized spacial score (nSPS) is 15.4. The zero-order valence-electron chi connectivity index (χ0n) is 16.9. The maximum absolute atomic E-state index is 12.9. The Kier molecular flexibility index (Phi) is 5.06. The van der Waals surface area contributed by atoms with Crippen molar-refractivity contribution in [2.24, 2.45) is 10.4 Å². The van der Waals surface area contributed by atoms with Gasteiger partial charge in [0.1, 0.15) is 17.0 Å². The molecule has 1 aliphatic heterocycles. The molecule has 8 nitrogen and oxygen atoms in total. The van der Waals surface area contributed by atoms with E-state index in [1.807, 2.05) is 63.5 Å². The number of hydrogen-bond acceptors (Lipinski definition) is 7. The van der Waals surface area contributed by atoms with Crippen molar-refractivity contribution in [3.05, 3.63) is 61.6 Å². The molecule has 0 spiro atoms. The van der Waals surface area contributed by atoms with Crippen LogP contribution >= 0.6 is 11.3 Å². The first-order valence-corrected chi connectivity index (χ1v) is 10.3. The van der Waals surface area contributed by atoms with Crippen molar-refractivity contribution in [3.8, 4) is 0 Å². The summed E-state index contributed by atoms with van der Waals surface area (Å²) in [5, 5.41) is 11.2. The Balaban J connectivity index is 1.86. The highest BCUT2D eigenvalue weighted by molar-refractivity contribution is 7.07. The van der Waals surface area contributed by atoms with E-state index in [0.717, 1.165) is 34.0 Å². The highest BCUT2D eigenvalue weighted by atomic mass is 32.1. The molecule has 0 saturated carbocycles. The van der Waals surface area contributed by atoms with E-state index in [4.69, 9.17) is 4.42 Å². The number of hydrogen-bond donors (Lipinski definition) is 0. The Bertz CT molecular complexity index is 1280. The van der Waals surface area contributed by atoms with Crippen LogP contribution in [0.1, 0.15) is 19.7 Å². The van der Waals surface area contributed by atoms with Crippen LogP contribution in [0.2, 0.25) is 0 Å². The third-order valence-corrected chi connectivity index (χ3v) is 5.89. The van der Waals surface area contributed by atoms with Gasteiger partial charge in [0, 0.05) is 26.7 Å². The van der Waals surface area contributed by atoms with Crippen LogP contribution in [0, 0.1) is 0 Å². The van der Waals surface area contributed by atoms with Gasteiger partial charge in [-0.15, -0.1) is 11.3 Å². The van der Waals surface area contributed by atoms with Gasteiger partial charge >= 0.3 is 5.89 Å². The molecule has 3 aromatic rings. The van der Waals surface area contributed by atoms with Crippen molar-refractivity contribution in [1.29, 1.82) is 0 Å². The first kappa shape index (κ1) is 19.1. The molecule has 0 radical (unpaired) electrons. The summed E-state index contributed by atoms with van der Waals surface area (Å²) >= 11 is 1.44. The Morgan fingerprint density at radius 3 is 2.55 bits per heavy atom. The average molecular weight is 412 g/mol. The number of rotatable bonds is 4. The lowest BCUT2D eigenvalue weighted by Gasteiger charge is -2.10. The fraction of sp³-hybridized carbons (Fsp3) is 0.300. The second-order valence-corrected chi connectivity index (χ2v) is 7.63. The van der Waals surface area contributed by atoms with Gasteiger partial charge in [0.2, 0.25) is 5.58 Å². The molecule has 0 amide bonds. The zero-order valence-corrected chi connectivity index (χ0v) is 17.7. The summed E-state index contributed by atoms with van der Waals surface area (Å²) in [6.45, 7) is 5.41. The highest BCUT2D eigenvalue weighted by Gasteiger charge is 2.19. The lowest BCUT2D eigenvalue weighted by Crippen LogP contribution is -2.35. The minimum Gasteiger partial charge on any atom is -0.398 e. The van der Waals surface area contributed by atoms with E-state index < -0.39 is 0 Å². The van der Waals surface area contributed by atoms with Crippen LogP contribution in [-0.4, -0.2) is 28.7 Å². The smallest absolute Gasteiger partial charge is 0.377 e. The van der Waals surface area contributed by atoms with Crippen molar-refractivity contribution in [2.75, 3.05) is 14.1 Å². The summed E-state index contributed by atoms with van der Waals surface area (Å²) in [5.74, 6) is 1.53. The van der Waals surface area contributed by atoms with Crippen LogP contribution in [0.15, 0.2) is 55.8 Å². The molecule has 29 heavy (non-hydrogen) atoms. The first-order chi connectivity index (χ1) is 14.0. The Labute approximate surface area is 171 Å². The van der Waals surface area contributed by atoms with E-state index in [-0.39, 0.29) is 5.56 Å². The van der Waals surface area contributed by atoms with Gasteiger partial charge in [0.25, 0.3) is 11.1 Å². The molecule has 0 fully saturated rings. The molecule has 0 atom stereocenters. The molecule has 3 heterocycles. The molecular formula is C20H23N6O2S+. The summed E-state index contributed by atoms with van der Waals surface area (Å²) in [7, 11) is 3.63. The molecule has 4 rings (SSSR count). The van der Waals surface area contributed by atoms with Crippen LogP contribution in [-0.2, 0) is 13.1 Å². The van der Waals surface area contributed by atoms with Crippen molar-refractivity contribution in [2.45, 2.75) is 26.9 Å². The number of aryl methyl sites for hydroxylation is 1.